The third-order valence-corrected chi connectivity index (χ3v) is 8.18. The Morgan fingerprint density at radius 3 is 2.24 bits per heavy atom. The zero-order valence-corrected chi connectivity index (χ0v) is 26.4. The molecule has 10 heteroatoms. The molecule has 4 aromatic carbocycles. The lowest BCUT2D eigenvalue weighted by molar-refractivity contribution is -0.115. The van der Waals surface area contributed by atoms with Gasteiger partial charge in [0.15, 0.2) is 0 Å². The number of benzene rings is 4. The van der Waals surface area contributed by atoms with E-state index < -0.39 is 22.9 Å². The molecule has 0 saturated heterocycles. The number of furan rings is 1. The summed E-state index contributed by atoms with van der Waals surface area (Å²) in [6.07, 6.45) is 1.48. The quantitative estimate of drug-likeness (QED) is 0.104. The first-order valence-corrected chi connectivity index (χ1v) is 15.5. The molecule has 0 fully saturated rings. The van der Waals surface area contributed by atoms with Crippen LogP contribution in [0.3, 0.4) is 0 Å². The fourth-order valence-corrected chi connectivity index (χ4v) is 5.26. The maximum Gasteiger partial charge on any atom is 0.272 e. The van der Waals surface area contributed by atoms with Gasteiger partial charge in [-0.1, -0.05) is 59.6 Å². The first-order chi connectivity index (χ1) is 22.1. The summed E-state index contributed by atoms with van der Waals surface area (Å²) in [5.74, 6) is -0.928. The second kappa shape index (κ2) is 14.8. The molecule has 5 rings (SSSR count). The second-order valence-corrected chi connectivity index (χ2v) is 12.1. The Morgan fingerprint density at radius 2 is 1.54 bits per heavy atom. The van der Waals surface area contributed by atoms with Crippen LogP contribution in [0.25, 0.3) is 17.4 Å². The maximum atomic E-state index is 13.7. The van der Waals surface area contributed by atoms with Gasteiger partial charge in [-0.2, -0.15) is 0 Å². The van der Waals surface area contributed by atoms with Crippen molar-refractivity contribution < 1.29 is 23.2 Å². The minimum absolute atomic E-state index is 0.0129. The molecule has 1 aromatic heterocycles. The van der Waals surface area contributed by atoms with Gasteiger partial charge in [0.05, 0.1) is 10.3 Å². The minimum atomic E-state index is -0.619. The van der Waals surface area contributed by atoms with Crippen LogP contribution >= 0.6 is 23.4 Å². The Balaban J connectivity index is 1.28. The molecule has 0 saturated carbocycles. The average molecular weight is 654 g/mol. The summed E-state index contributed by atoms with van der Waals surface area (Å²) in [6.45, 7) is 3.73. The summed E-state index contributed by atoms with van der Waals surface area (Å²) in [7, 11) is 0. The number of carbonyl (C=O) groups excluding carboxylic acids is 3. The Labute approximate surface area is 274 Å². The van der Waals surface area contributed by atoms with Crippen LogP contribution in [0, 0.1) is 12.7 Å². The summed E-state index contributed by atoms with van der Waals surface area (Å²) in [4.78, 5) is 39.8. The molecule has 46 heavy (non-hydrogen) atoms. The summed E-state index contributed by atoms with van der Waals surface area (Å²) in [5.41, 5.74) is 3.16. The lowest BCUT2D eigenvalue weighted by atomic mass is 10.1. The first-order valence-electron chi connectivity index (χ1n) is 14.2. The van der Waals surface area contributed by atoms with Crippen molar-refractivity contribution >= 4 is 58.5 Å². The van der Waals surface area contributed by atoms with Crippen LogP contribution in [0.15, 0.2) is 124 Å². The van der Waals surface area contributed by atoms with Gasteiger partial charge in [-0.15, -0.1) is 11.8 Å². The van der Waals surface area contributed by atoms with Crippen molar-refractivity contribution in [1.82, 2.24) is 5.32 Å². The Bertz CT molecular complexity index is 1890. The second-order valence-electron chi connectivity index (χ2n) is 10.3. The van der Waals surface area contributed by atoms with Crippen LogP contribution in [0.5, 0.6) is 0 Å². The topological polar surface area (TPSA) is 100 Å². The molecular weight excluding hydrogens is 625 g/mol. The minimum Gasteiger partial charge on any atom is -0.457 e. The molecule has 0 radical (unpaired) electrons. The third-order valence-electron chi connectivity index (χ3n) is 6.76. The lowest BCUT2D eigenvalue weighted by Crippen LogP contribution is -2.30. The van der Waals surface area contributed by atoms with Crippen molar-refractivity contribution in [2.75, 3.05) is 10.6 Å². The highest BCUT2D eigenvalue weighted by Crippen LogP contribution is 2.27. The maximum absolute atomic E-state index is 13.7. The molecule has 5 aromatic rings. The van der Waals surface area contributed by atoms with E-state index in [1.165, 1.54) is 30.0 Å². The number of nitrogens with one attached hydrogen (secondary N) is 3. The van der Waals surface area contributed by atoms with Crippen LogP contribution in [-0.4, -0.2) is 23.0 Å². The van der Waals surface area contributed by atoms with Crippen molar-refractivity contribution in [3.63, 3.8) is 0 Å². The molecule has 1 heterocycles. The van der Waals surface area contributed by atoms with Gasteiger partial charge < -0.3 is 20.4 Å². The van der Waals surface area contributed by atoms with E-state index in [4.69, 9.17) is 16.0 Å². The predicted molar refractivity (Wildman–Crippen MR) is 181 cm³/mol. The van der Waals surface area contributed by atoms with E-state index in [1.807, 2.05) is 31.2 Å². The van der Waals surface area contributed by atoms with Gasteiger partial charge >= 0.3 is 0 Å². The number of hydrogen-bond donors (Lipinski definition) is 3. The van der Waals surface area contributed by atoms with Crippen molar-refractivity contribution in [2.24, 2.45) is 0 Å². The van der Waals surface area contributed by atoms with Gasteiger partial charge in [-0.05, 0) is 80.6 Å². The molecule has 3 amide bonds. The first kappa shape index (κ1) is 32.3. The molecule has 0 aliphatic rings. The fourth-order valence-electron chi connectivity index (χ4n) is 4.28. The van der Waals surface area contributed by atoms with Crippen molar-refractivity contribution in [2.45, 2.75) is 24.0 Å². The van der Waals surface area contributed by atoms with Crippen molar-refractivity contribution in [1.29, 1.82) is 0 Å². The van der Waals surface area contributed by atoms with E-state index in [0.29, 0.717) is 28.5 Å². The van der Waals surface area contributed by atoms with E-state index >= 15 is 0 Å². The largest absolute Gasteiger partial charge is 0.457 e. The van der Waals surface area contributed by atoms with E-state index in [1.54, 1.807) is 73.7 Å². The van der Waals surface area contributed by atoms with Crippen LogP contribution in [0.4, 0.5) is 15.8 Å². The van der Waals surface area contributed by atoms with Crippen LogP contribution in [-0.2, 0) is 9.59 Å². The van der Waals surface area contributed by atoms with Gasteiger partial charge in [-0.25, -0.2) is 4.39 Å². The van der Waals surface area contributed by atoms with E-state index in [2.05, 4.69) is 16.0 Å². The van der Waals surface area contributed by atoms with E-state index in [-0.39, 0.29) is 16.6 Å². The number of rotatable bonds is 10. The molecule has 7 nitrogen and oxygen atoms in total. The zero-order valence-electron chi connectivity index (χ0n) is 24.8. The van der Waals surface area contributed by atoms with Crippen LogP contribution < -0.4 is 16.0 Å². The average Bonchev–Trinajstić information content (AvgIpc) is 3.52. The standard InChI is InChI=1S/C36H29ClFN3O4S/c1-22-8-10-24(11-9-22)33-19-15-28(45-33)21-32(41-35(43)25-6-4-3-5-7-25)36(44)39-26-12-16-29(17-13-26)46-23(2)34(42)40-27-14-18-30(37)31(38)20-27/h3-21,23H,1-2H3,(H,39,44)(H,40,42)(H,41,43)/b32-21-. The smallest absolute Gasteiger partial charge is 0.272 e. The summed E-state index contributed by atoms with van der Waals surface area (Å²) >= 11 is 7.01. The highest BCUT2D eigenvalue weighted by atomic mass is 35.5. The van der Waals surface area contributed by atoms with Gasteiger partial charge in [-0.3, -0.25) is 14.4 Å². The molecule has 0 bridgehead atoms. The number of carbonyl (C=O) groups is 3. The van der Waals surface area contributed by atoms with Crippen molar-refractivity contribution in [3.8, 4) is 11.3 Å². The number of aryl methyl sites for hydroxylation is 1. The van der Waals surface area contributed by atoms with Crippen LogP contribution in [0.1, 0.15) is 28.6 Å². The summed E-state index contributed by atoms with van der Waals surface area (Å²) in [6, 6.07) is 30.9. The number of halogens is 2. The fraction of sp³-hybridized carbons (Fsp3) is 0.0833. The molecule has 1 atom stereocenters. The van der Waals surface area contributed by atoms with E-state index in [9.17, 15) is 18.8 Å². The normalized spacial score (nSPS) is 11.9. The third kappa shape index (κ3) is 8.53. The number of amides is 3. The molecule has 0 spiro atoms. The summed E-state index contributed by atoms with van der Waals surface area (Å²) in [5, 5.41) is 7.67. The highest BCUT2D eigenvalue weighted by Gasteiger charge is 2.18. The van der Waals surface area contributed by atoms with Crippen LogP contribution in [0.2, 0.25) is 5.02 Å². The van der Waals surface area contributed by atoms with Gasteiger partial charge in [0, 0.05) is 33.5 Å². The van der Waals surface area contributed by atoms with Crippen molar-refractivity contribution in [3.05, 3.63) is 143 Å². The van der Waals surface area contributed by atoms with E-state index in [0.717, 1.165) is 22.1 Å². The molecule has 1 unspecified atom stereocenters. The number of hydrogen-bond acceptors (Lipinski definition) is 5. The number of anilines is 2. The lowest BCUT2D eigenvalue weighted by Gasteiger charge is -2.13. The molecule has 232 valence electrons. The SMILES string of the molecule is Cc1ccc(-c2ccc(/C=C(\NC(=O)c3ccccc3)C(=O)Nc3ccc(SC(C)C(=O)Nc4ccc(Cl)c(F)c4)cc3)o2)cc1. The molecule has 0 aliphatic carbocycles. The van der Waals surface area contributed by atoms with Gasteiger partial charge in [0.1, 0.15) is 23.0 Å². The summed E-state index contributed by atoms with van der Waals surface area (Å²) < 4.78 is 19.7. The Morgan fingerprint density at radius 1 is 0.848 bits per heavy atom. The van der Waals surface area contributed by atoms with Gasteiger partial charge in [0.25, 0.3) is 11.8 Å². The monoisotopic (exact) mass is 653 g/mol. The highest BCUT2D eigenvalue weighted by molar-refractivity contribution is 8.00. The predicted octanol–water partition coefficient (Wildman–Crippen LogP) is 8.58. The van der Waals surface area contributed by atoms with Gasteiger partial charge in [0.2, 0.25) is 5.91 Å². The molecule has 0 aliphatic heterocycles. The molecular formula is C36H29ClFN3O4S. The molecule has 3 N–H and O–H groups in total. The zero-order chi connectivity index (χ0) is 32.6. The number of thioether (sulfide) groups is 1. The Kier molecular flexibility index (Phi) is 10.4. The Hall–Kier alpha value is -5.12.